The van der Waals surface area contributed by atoms with Crippen molar-refractivity contribution in [3.63, 3.8) is 0 Å². The fourth-order valence-electron chi connectivity index (χ4n) is 3.04. The molecule has 0 bridgehead atoms. The van der Waals surface area contributed by atoms with Crippen LogP contribution in [0.4, 0.5) is 0 Å². The molecular formula is C22H18Cl2N4. The van der Waals surface area contributed by atoms with E-state index in [1.54, 1.807) is 17.2 Å². The first-order valence-electron chi connectivity index (χ1n) is 8.87. The first-order valence-corrected chi connectivity index (χ1v) is 9.63. The van der Waals surface area contributed by atoms with E-state index < -0.39 is 0 Å². The van der Waals surface area contributed by atoms with Gasteiger partial charge in [-0.2, -0.15) is 4.79 Å². The predicted molar refractivity (Wildman–Crippen MR) is 114 cm³/mol. The van der Waals surface area contributed by atoms with Crippen LogP contribution in [0.3, 0.4) is 0 Å². The molecule has 4 rings (SSSR count). The number of halogens is 2. The van der Waals surface area contributed by atoms with Crippen molar-refractivity contribution < 1.29 is 0 Å². The zero-order valence-electron chi connectivity index (χ0n) is 15.0. The molecule has 3 aromatic carbocycles. The van der Waals surface area contributed by atoms with Gasteiger partial charge in [0.1, 0.15) is 12.7 Å². The van der Waals surface area contributed by atoms with E-state index in [9.17, 15) is 0 Å². The highest BCUT2D eigenvalue weighted by molar-refractivity contribution is 6.35. The molecule has 0 aliphatic heterocycles. The fraction of sp³-hybridized carbons (Fsp3) is 0.0909. The molecule has 4 aromatic rings. The summed E-state index contributed by atoms with van der Waals surface area (Å²) in [6, 6.07) is 24.4. The van der Waals surface area contributed by atoms with Crippen LogP contribution in [0.25, 0.3) is 11.1 Å². The minimum Gasteiger partial charge on any atom is -0.287 e. The summed E-state index contributed by atoms with van der Waals surface area (Å²) in [6.07, 6.45) is 3.21. The molecule has 28 heavy (non-hydrogen) atoms. The molecule has 4 nitrogen and oxygen atoms in total. The van der Waals surface area contributed by atoms with Gasteiger partial charge in [0.25, 0.3) is 0 Å². The minimum absolute atomic E-state index is 0.583. The van der Waals surface area contributed by atoms with Gasteiger partial charge in [-0.3, -0.25) is 5.01 Å². The average Bonchev–Trinajstić information content (AvgIpc) is 3.25. The molecule has 0 aliphatic rings. The Hall–Kier alpha value is -2.82. The topological polar surface area (TPSA) is 34.0 Å². The molecule has 0 atom stereocenters. The van der Waals surface area contributed by atoms with Gasteiger partial charge in [-0.1, -0.05) is 83.9 Å². The molecule has 0 saturated heterocycles. The molecule has 0 amide bonds. The average molecular weight is 409 g/mol. The molecule has 0 aliphatic carbocycles. The van der Waals surface area contributed by atoms with E-state index in [2.05, 4.69) is 51.5 Å². The monoisotopic (exact) mass is 408 g/mol. The maximum Gasteiger partial charge on any atom is 0.139 e. The van der Waals surface area contributed by atoms with Gasteiger partial charge in [-0.05, 0) is 34.4 Å². The normalized spacial score (nSPS) is 10.8. The van der Waals surface area contributed by atoms with Crippen LogP contribution in [-0.4, -0.2) is 14.9 Å². The largest absolute Gasteiger partial charge is 0.287 e. The van der Waals surface area contributed by atoms with Crippen molar-refractivity contribution in [2.45, 2.75) is 13.1 Å². The number of hydrogen-bond donors (Lipinski definition) is 0. The molecule has 0 radical (unpaired) electrons. The molecule has 0 fully saturated rings. The summed E-state index contributed by atoms with van der Waals surface area (Å²) in [6.45, 7) is 1.25. The van der Waals surface area contributed by atoms with E-state index in [-0.39, 0.29) is 0 Å². The third-order valence-corrected chi connectivity index (χ3v) is 5.08. The van der Waals surface area contributed by atoms with Crippen molar-refractivity contribution in [3.05, 3.63) is 107 Å². The number of benzene rings is 3. The Kier molecular flexibility index (Phi) is 5.60. The third kappa shape index (κ3) is 4.35. The van der Waals surface area contributed by atoms with Gasteiger partial charge >= 0.3 is 0 Å². The summed E-state index contributed by atoms with van der Waals surface area (Å²) in [4.78, 5) is 5.80. The lowest BCUT2D eigenvalue weighted by molar-refractivity contribution is 0.520. The van der Waals surface area contributed by atoms with Crippen molar-refractivity contribution in [1.29, 1.82) is 0 Å². The van der Waals surface area contributed by atoms with Crippen LogP contribution in [0.2, 0.25) is 10.0 Å². The summed E-state index contributed by atoms with van der Waals surface area (Å²) in [7, 11) is 0. The van der Waals surface area contributed by atoms with E-state index in [1.165, 1.54) is 23.0 Å². The lowest BCUT2D eigenvalue weighted by Gasteiger charge is -2.24. The van der Waals surface area contributed by atoms with E-state index >= 15 is 0 Å². The van der Waals surface area contributed by atoms with Crippen molar-refractivity contribution in [1.82, 2.24) is 14.9 Å². The number of hydrogen-bond acceptors (Lipinski definition) is 3. The van der Waals surface area contributed by atoms with E-state index in [4.69, 9.17) is 23.2 Å². The Morgan fingerprint density at radius 1 is 0.821 bits per heavy atom. The van der Waals surface area contributed by atoms with Crippen LogP contribution in [0.5, 0.6) is 0 Å². The molecule has 1 heterocycles. The molecular weight excluding hydrogens is 391 g/mol. The molecule has 0 N–H and O–H groups in total. The fourth-order valence-corrected chi connectivity index (χ4v) is 3.51. The molecule has 0 unspecified atom stereocenters. The van der Waals surface area contributed by atoms with Crippen molar-refractivity contribution >= 4 is 23.2 Å². The summed E-state index contributed by atoms with van der Waals surface area (Å²) < 4.78 is 0. The Bertz CT molecular complexity index is 1030. The maximum absolute atomic E-state index is 6.37. The Balaban J connectivity index is 1.56. The minimum atomic E-state index is 0.583. The van der Waals surface area contributed by atoms with Gasteiger partial charge < -0.3 is 0 Å². The van der Waals surface area contributed by atoms with Crippen LogP contribution in [0, 0.1) is 0 Å². The summed E-state index contributed by atoms with van der Waals surface area (Å²) >= 11 is 12.4. The number of nitrogens with zero attached hydrogens (tertiary/aromatic N) is 4. The zero-order valence-corrected chi connectivity index (χ0v) is 16.6. The molecule has 0 saturated carbocycles. The number of aromatic nitrogens is 3. The van der Waals surface area contributed by atoms with Gasteiger partial charge in [0.2, 0.25) is 0 Å². The van der Waals surface area contributed by atoms with E-state index in [0.717, 1.165) is 5.56 Å². The second-order valence-corrected chi connectivity index (χ2v) is 7.28. The standard InChI is InChI=1S/C22H18Cl2N4/c23-21-11-10-20(22(24)12-21)14-27(28-16-25-15-26-28)13-17-6-8-19(9-7-17)18-4-2-1-3-5-18/h1-12,15-16H,13-14H2. The Morgan fingerprint density at radius 2 is 1.57 bits per heavy atom. The smallest absolute Gasteiger partial charge is 0.139 e. The lowest BCUT2D eigenvalue weighted by Crippen LogP contribution is -2.34. The van der Waals surface area contributed by atoms with Gasteiger partial charge in [-0.15, -0.1) is 5.10 Å². The maximum atomic E-state index is 6.37. The van der Waals surface area contributed by atoms with Gasteiger partial charge in [-0.25, -0.2) is 4.98 Å². The highest BCUT2D eigenvalue weighted by atomic mass is 35.5. The second kappa shape index (κ2) is 8.46. The van der Waals surface area contributed by atoms with E-state index in [0.29, 0.717) is 23.1 Å². The molecule has 140 valence electrons. The second-order valence-electron chi connectivity index (χ2n) is 6.44. The van der Waals surface area contributed by atoms with Crippen LogP contribution < -0.4 is 5.01 Å². The SMILES string of the molecule is Clc1ccc(CN(Cc2ccc(-c3ccccc3)cc2)n2cncn2)c(Cl)c1. The Labute approximate surface area is 173 Å². The van der Waals surface area contributed by atoms with Gasteiger partial charge in [0.15, 0.2) is 0 Å². The van der Waals surface area contributed by atoms with Gasteiger partial charge in [0, 0.05) is 10.0 Å². The summed E-state index contributed by atoms with van der Waals surface area (Å²) in [5.74, 6) is 0. The first kappa shape index (κ1) is 18.5. The molecule has 1 aromatic heterocycles. The number of rotatable bonds is 6. The molecule has 0 spiro atoms. The van der Waals surface area contributed by atoms with Crippen LogP contribution in [0.15, 0.2) is 85.5 Å². The first-order chi connectivity index (χ1) is 13.7. The van der Waals surface area contributed by atoms with Crippen LogP contribution in [-0.2, 0) is 13.1 Å². The van der Waals surface area contributed by atoms with Crippen molar-refractivity contribution in [2.24, 2.45) is 0 Å². The highest BCUT2D eigenvalue weighted by Gasteiger charge is 2.12. The quantitative estimate of drug-likeness (QED) is 0.416. The highest BCUT2D eigenvalue weighted by Crippen LogP contribution is 2.23. The van der Waals surface area contributed by atoms with Crippen molar-refractivity contribution in [3.8, 4) is 11.1 Å². The molecule has 6 heteroatoms. The lowest BCUT2D eigenvalue weighted by atomic mass is 10.0. The van der Waals surface area contributed by atoms with Crippen molar-refractivity contribution in [2.75, 3.05) is 5.01 Å². The zero-order chi connectivity index (χ0) is 19.3. The Morgan fingerprint density at radius 3 is 2.25 bits per heavy atom. The van der Waals surface area contributed by atoms with Crippen LogP contribution >= 0.6 is 23.2 Å². The summed E-state index contributed by atoms with van der Waals surface area (Å²) in [5.41, 5.74) is 4.54. The van der Waals surface area contributed by atoms with E-state index in [1.807, 2.05) is 30.3 Å². The predicted octanol–water partition coefficient (Wildman–Crippen LogP) is 5.59. The summed E-state index contributed by atoms with van der Waals surface area (Å²) in [5, 5.41) is 7.61. The van der Waals surface area contributed by atoms with Crippen LogP contribution in [0.1, 0.15) is 11.1 Å². The van der Waals surface area contributed by atoms with Gasteiger partial charge in [0.05, 0.1) is 13.1 Å². The third-order valence-electron chi connectivity index (χ3n) is 4.49.